The topological polar surface area (TPSA) is 49.8 Å². The normalized spacial score (nSPS) is 17.7. The highest BCUT2D eigenvalue weighted by Gasteiger charge is 2.40. The van der Waals surface area contributed by atoms with Crippen LogP contribution in [0.4, 0.5) is 0 Å². The van der Waals surface area contributed by atoms with E-state index in [1.807, 2.05) is 35.6 Å². The number of rotatable bonds is 9. The van der Waals surface area contributed by atoms with Gasteiger partial charge in [0.15, 0.2) is 0 Å². The quantitative estimate of drug-likeness (QED) is 0.348. The van der Waals surface area contributed by atoms with E-state index in [0.717, 1.165) is 30.9 Å². The van der Waals surface area contributed by atoms with Gasteiger partial charge in [0.05, 0.1) is 6.42 Å². The van der Waals surface area contributed by atoms with Gasteiger partial charge < -0.3 is 9.84 Å². The first-order chi connectivity index (χ1) is 17.0. The van der Waals surface area contributed by atoms with Crippen LogP contribution in [-0.2, 0) is 29.8 Å². The Morgan fingerprint density at radius 2 is 1.80 bits per heavy atom. The van der Waals surface area contributed by atoms with E-state index in [0.29, 0.717) is 12.0 Å². The highest BCUT2D eigenvalue weighted by atomic mass is 32.1. The highest BCUT2D eigenvalue weighted by Crippen LogP contribution is 2.46. The van der Waals surface area contributed by atoms with E-state index in [1.165, 1.54) is 35.4 Å². The number of hydrogen-bond donors (Lipinski definition) is 1. The van der Waals surface area contributed by atoms with Crippen molar-refractivity contribution in [3.63, 3.8) is 0 Å². The van der Waals surface area contributed by atoms with Crippen molar-refractivity contribution in [3.05, 3.63) is 99.8 Å². The first-order valence-electron chi connectivity index (χ1n) is 12.5. The summed E-state index contributed by atoms with van der Waals surface area (Å²) in [7, 11) is 0. The molecule has 1 fully saturated rings. The monoisotopic (exact) mass is 487 g/mol. The van der Waals surface area contributed by atoms with Crippen LogP contribution < -0.4 is 4.74 Å². The number of nitrogens with zero attached hydrogens (tertiary/aromatic N) is 1. The first kappa shape index (κ1) is 23.8. The van der Waals surface area contributed by atoms with Crippen LogP contribution in [0.5, 0.6) is 5.75 Å². The minimum atomic E-state index is -0.823. The number of carboxylic acid groups (broad SMARTS) is 1. The Morgan fingerprint density at radius 3 is 2.54 bits per heavy atom. The van der Waals surface area contributed by atoms with E-state index < -0.39 is 5.97 Å². The number of carboxylic acids is 1. The molecule has 1 spiro atoms. The molecule has 5 rings (SSSR count). The summed E-state index contributed by atoms with van der Waals surface area (Å²) < 4.78 is 6.00. The van der Waals surface area contributed by atoms with Crippen LogP contribution >= 0.6 is 11.3 Å². The number of aryl methyl sites for hydroxylation is 1. The average molecular weight is 488 g/mol. The lowest BCUT2D eigenvalue weighted by atomic mass is 9.74. The third kappa shape index (κ3) is 5.36. The average Bonchev–Trinajstić information content (AvgIpc) is 3.48. The number of allylic oxidation sites excluding steroid dienone is 1. The van der Waals surface area contributed by atoms with Gasteiger partial charge in [-0.3, -0.25) is 9.69 Å². The van der Waals surface area contributed by atoms with E-state index in [1.54, 1.807) is 17.2 Å². The molecule has 1 N–H and O–H groups in total. The van der Waals surface area contributed by atoms with Gasteiger partial charge >= 0.3 is 5.97 Å². The zero-order valence-corrected chi connectivity index (χ0v) is 20.9. The number of thiophene rings is 1. The Balaban J connectivity index is 1.11. The van der Waals surface area contributed by atoms with E-state index >= 15 is 0 Å². The maximum absolute atomic E-state index is 11.0. The van der Waals surface area contributed by atoms with Crippen LogP contribution in [0.25, 0.3) is 0 Å². The van der Waals surface area contributed by atoms with Gasteiger partial charge in [-0.2, -0.15) is 0 Å². The lowest BCUT2D eigenvalue weighted by Crippen LogP contribution is -2.41. The summed E-state index contributed by atoms with van der Waals surface area (Å²) >= 11 is 1.83. The van der Waals surface area contributed by atoms with Gasteiger partial charge in [-0.1, -0.05) is 42.5 Å². The summed E-state index contributed by atoms with van der Waals surface area (Å²) in [6.07, 6.45) is 6.82. The number of hydrogen-bond acceptors (Lipinski definition) is 4. The number of ether oxygens (including phenoxy) is 1. The molecule has 35 heavy (non-hydrogen) atoms. The van der Waals surface area contributed by atoms with Crippen LogP contribution in [0.2, 0.25) is 0 Å². The Hall–Kier alpha value is -2.89. The predicted molar refractivity (Wildman–Crippen MR) is 141 cm³/mol. The summed E-state index contributed by atoms with van der Waals surface area (Å²) in [6, 6.07) is 21.2. The van der Waals surface area contributed by atoms with E-state index in [9.17, 15) is 4.79 Å². The molecule has 0 radical (unpaired) electrons. The molecule has 182 valence electrons. The lowest BCUT2D eigenvalue weighted by molar-refractivity contribution is -0.137. The van der Waals surface area contributed by atoms with Crippen molar-refractivity contribution in [1.29, 1.82) is 0 Å². The molecular formula is C30H33NO3S. The molecule has 0 amide bonds. The second-order valence-corrected chi connectivity index (χ2v) is 11.1. The smallest absolute Gasteiger partial charge is 0.304 e. The number of piperidine rings is 1. The van der Waals surface area contributed by atoms with Crippen molar-refractivity contribution in [2.75, 3.05) is 13.1 Å². The Kier molecular flexibility index (Phi) is 7.07. The number of likely N-dealkylation sites (tertiary alicyclic amines) is 1. The van der Waals surface area contributed by atoms with E-state index in [2.05, 4.69) is 47.9 Å². The zero-order valence-electron chi connectivity index (χ0n) is 20.1. The van der Waals surface area contributed by atoms with E-state index in [-0.39, 0.29) is 12.3 Å². The van der Waals surface area contributed by atoms with Gasteiger partial charge in [0, 0.05) is 22.2 Å². The fourth-order valence-corrected chi connectivity index (χ4v) is 6.69. The Morgan fingerprint density at radius 1 is 1.06 bits per heavy atom. The Labute approximate surface area is 211 Å². The molecule has 2 aliphatic rings. The van der Waals surface area contributed by atoms with Crippen molar-refractivity contribution >= 4 is 17.3 Å². The minimum absolute atomic E-state index is 0.0486. The van der Waals surface area contributed by atoms with Crippen molar-refractivity contribution in [2.45, 2.75) is 56.6 Å². The molecule has 1 aliphatic heterocycles. The minimum Gasteiger partial charge on any atom is -0.488 e. The van der Waals surface area contributed by atoms with Crippen molar-refractivity contribution < 1.29 is 14.6 Å². The molecule has 2 aromatic carbocycles. The third-order valence-corrected chi connectivity index (χ3v) is 8.78. The molecule has 0 saturated carbocycles. The lowest BCUT2D eigenvalue weighted by Gasteiger charge is -2.40. The SMILES string of the molecule is C=C[C@@H](CC(=O)O)c1ccc(OCc2ccc(CN3CCC4(CCc5ccccc54)CC3)s2)cc1. The number of fused-ring (bicyclic) bond motifs is 2. The van der Waals surface area contributed by atoms with Crippen LogP contribution in [0.15, 0.2) is 73.3 Å². The van der Waals surface area contributed by atoms with Gasteiger partial charge in [0.1, 0.15) is 12.4 Å². The molecule has 3 aromatic rings. The van der Waals surface area contributed by atoms with Crippen LogP contribution in [-0.4, -0.2) is 29.1 Å². The van der Waals surface area contributed by atoms with Gasteiger partial charge in [0.25, 0.3) is 0 Å². The molecule has 2 heterocycles. The summed E-state index contributed by atoms with van der Waals surface area (Å²) in [5.41, 5.74) is 4.54. The molecule has 0 unspecified atom stereocenters. The number of aliphatic carboxylic acids is 1. The number of benzene rings is 2. The van der Waals surface area contributed by atoms with Crippen LogP contribution in [0.3, 0.4) is 0 Å². The second-order valence-electron chi connectivity index (χ2n) is 9.88. The second kappa shape index (κ2) is 10.4. The van der Waals surface area contributed by atoms with Crippen molar-refractivity contribution in [1.82, 2.24) is 4.90 Å². The van der Waals surface area contributed by atoms with Gasteiger partial charge in [0.2, 0.25) is 0 Å². The fraction of sp³-hybridized carbons (Fsp3) is 0.367. The third-order valence-electron chi connectivity index (χ3n) is 7.74. The van der Waals surface area contributed by atoms with Crippen LogP contribution in [0, 0.1) is 0 Å². The van der Waals surface area contributed by atoms with Gasteiger partial charge in [-0.05, 0) is 85.1 Å². The largest absolute Gasteiger partial charge is 0.488 e. The van der Waals surface area contributed by atoms with Gasteiger partial charge in [-0.25, -0.2) is 0 Å². The number of carbonyl (C=O) groups is 1. The van der Waals surface area contributed by atoms with Crippen molar-refractivity contribution in [2.24, 2.45) is 0 Å². The molecule has 1 aromatic heterocycles. The summed E-state index contributed by atoms with van der Waals surface area (Å²) in [6.45, 7) is 7.66. The summed E-state index contributed by atoms with van der Waals surface area (Å²) in [5.74, 6) is -0.217. The highest BCUT2D eigenvalue weighted by molar-refractivity contribution is 7.11. The molecule has 4 nitrogen and oxygen atoms in total. The summed E-state index contributed by atoms with van der Waals surface area (Å²) in [5, 5.41) is 9.06. The van der Waals surface area contributed by atoms with E-state index in [4.69, 9.17) is 9.84 Å². The fourth-order valence-electron chi connectivity index (χ4n) is 5.72. The molecule has 0 bridgehead atoms. The van der Waals surface area contributed by atoms with Gasteiger partial charge in [-0.15, -0.1) is 17.9 Å². The molecule has 1 atom stereocenters. The Bertz CT molecular complexity index is 1170. The van der Waals surface area contributed by atoms with Crippen molar-refractivity contribution in [3.8, 4) is 5.75 Å². The molecule has 5 heteroatoms. The molecular weight excluding hydrogens is 454 g/mol. The standard InChI is InChI=1S/C30H33NO3S/c1-2-22(19-29(32)33)23-7-9-25(10-8-23)34-21-27-12-11-26(35-27)20-31-17-15-30(16-18-31)14-13-24-5-3-4-6-28(24)30/h2-12,22H,1,13-21H2,(H,32,33)/t22-/m0/s1. The molecule has 1 saturated heterocycles. The maximum atomic E-state index is 11.0. The van der Waals surface area contributed by atoms with Crippen LogP contribution in [0.1, 0.15) is 58.0 Å². The first-order valence-corrected chi connectivity index (χ1v) is 13.3. The molecule has 1 aliphatic carbocycles. The predicted octanol–water partition coefficient (Wildman–Crippen LogP) is 6.55. The zero-order chi connectivity index (χ0) is 24.3. The maximum Gasteiger partial charge on any atom is 0.304 e. The summed E-state index contributed by atoms with van der Waals surface area (Å²) in [4.78, 5) is 16.2.